The van der Waals surface area contributed by atoms with Gasteiger partial charge in [-0.15, -0.1) is 11.3 Å². The molecule has 0 amide bonds. The van der Waals surface area contributed by atoms with Crippen molar-refractivity contribution in [3.8, 4) is 0 Å². The zero-order chi connectivity index (χ0) is 17.1. The van der Waals surface area contributed by atoms with E-state index in [2.05, 4.69) is 44.4 Å². The van der Waals surface area contributed by atoms with Gasteiger partial charge in [-0.05, 0) is 37.1 Å². The maximum Gasteiger partial charge on any atom is 0.189 e. The van der Waals surface area contributed by atoms with E-state index in [1.54, 1.807) is 0 Å². The molecule has 3 heterocycles. The number of nitrogens with one attached hydrogen (secondary N) is 1. The van der Waals surface area contributed by atoms with Gasteiger partial charge in [0.1, 0.15) is 5.82 Å². The molecule has 6 nitrogen and oxygen atoms in total. The summed E-state index contributed by atoms with van der Waals surface area (Å²) in [6.07, 6.45) is 2.47. The molecule has 2 saturated heterocycles. The monoisotopic (exact) mass is 359 g/mol. The van der Waals surface area contributed by atoms with E-state index in [1.807, 2.05) is 5.38 Å². The van der Waals surface area contributed by atoms with Crippen LogP contribution in [0, 0.1) is 0 Å². The number of ether oxygens (including phenoxy) is 1. The van der Waals surface area contributed by atoms with Crippen molar-refractivity contribution in [1.29, 1.82) is 0 Å². The molecule has 2 aliphatic heterocycles. The van der Waals surface area contributed by atoms with Gasteiger partial charge in [-0.25, -0.2) is 4.98 Å². The van der Waals surface area contributed by atoms with Crippen LogP contribution in [0.5, 0.6) is 0 Å². The zero-order valence-corrected chi connectivity index (χ0v) is 15.2. The summed E-state index contributed by atoms with van der Waals surface area (Å²) in [4.78, 5) is 9.33. The molecule has 0 radical (unpaired) electrons. The third-order valence-corrected chi connectivity index (χ3v) is 5.81. The Morgan fingerprint density at radius 1 is 1.08 bits per heavy atom. The number of morpholine rings is 1. The molecule has 1 aromatic heterocycles. The highest BCUT2D eigenvalue weighted by Crippen LogP contribution is 2.26. The van der Waals surface area contributed by atoms with Crippen LogP contribution in [-0.4, -0.2) is 55.3 Å². The SMILES string of the molecule is Nc1csc(Nc2ccc(N3CCC(N4CCOCC4)CC3)cc2)n1. The quantitative estimate of drug-likeness (QED) is 0.875. The van der Waals surface area contributed by atoms with Crippen LogP contribution < -0.4 is 16.0 Å². The lowest BCUT2D eigenvalue weighted by atomic mass is 10.0. The van der Waals surface area contributed by atoms with Crippen molar-refractivity contribution in [3.63, 3.8) is 0 Å². The van der Waals surface area contributed by atoms with E-state index in [4.69, 9.17) is 10.5 Å². The molecule has 134 valence electrons. The summed E-state index contributed by atoms with van der Waals surface area (Å²) in [5.74, 6) is 0.562. The van der Waals surface area contributed by atoms with Crippen LogP contribution in [0.1, 0.15) is 12.8 Å². The predicted molar refractivity (Wildman–Crippen MR) is 104 cm³/mol. The van der Waals surface area contributed by atoms with Crippen LogP contribution in [0.3, 0.4) is 0 Å². The maximum absolute atomic E-state index is 5.66. The molecule has 0 aliphatic carbocycles. The van der Waals surface area contributed by atoms with Crippen molar-refractivity contribution < 1.29 is 4.74 Å². The summed E-state index contributed by atoms with van der Waals surface area (Å²) in [5, 5.41) is 5.97. The predicted octanol–water partition coefficient (Wildman–Crippen LogP) is 2.77. The third kappa shape index (κ3) is 4.05. The van der Waals surface area contributed by atoms with Gasteiger partial charge in [-0.1, -0.05) is 0 Å². The molecule has 0 bridgehead atoms. The summed E-state index contributed by atoms with van der Waals surface area (Å²) in [7, 11) is 0. The van der Waals surface area contributed by atoms with Crippen LogP contribution in [0.4, 0.5) is 22.3 Å². The largest absolute Gasteiger partial charge is 0.383 e. The van der Waals surface area contributed by atoms with E-state index in [1.165, 1.54) is 29.9 Å². The first-order valence-corrected chi connectivity index (χ1v) is 9.81. The number of nitrogens with two attached hydrogens (primary N) is 1. The van der Waals surface area contributed by atoms with Crippen molar-refractivity contribution >= 4 is 33.7 Å². The summed E-state index contributed by atoms with van der Waals surface area (Å²) < 4.78 is 5.47. The van der Waals surface area contributed by atoms with Gasteiger partial charge in [0, 0.05) is 49.0 Å². The van der Waals surface area contributed by atoms with Gasteiger partial charge in [0.2, 0.25) is 0 Å². The molecule has 4 rings (SSSR count). The average Bonchev–Trinajstić information content (AvgIpc) is 3.08. The van der Waals surface area contributed by atoms with Crippen LogP contribution >= 0.6 is 11.3 Å². The number of hydrogen-bond donors (Lipinski definition) is 2. The fraction of sp³-hybridized carbons (Fsp3) is 0.500. The number of benzene rings is 1. The highest BCUT2D eigenvalue weighted by molar-refractivity contribution is 7.14. The molecular formula is C18H25N5OS. The van der Waals surface area contributed by atoms with Gasteiger partial charge in [0.15, 0.2) is 5.13 Å². The second-order valence-corrected chi connectivity index (χ2v) is 7.47. The van der Waals surface area contributed by atoms with E-state index in [-0.39, 0.29) is 0 Å². The fourth-order valence-electron chi connectivity index (χ4n) is 3.65. The minimum atomic E-state index is 0.562. The molecule has 0 unspecified atom stereocenters. The molecule has 25 heavy (non-hydrogen) atoms. The molecular weight excluding hydrogens is 334 g/mol. The normalized spacial score (nSPS) is 19.9. The summed E-state index contributed by atoms with van der Waals surface area (Å²) in [5.41, 5.74) is 8.00. The van der Waals surface area contributed by atoms with E-state index >= 15 is 0 Å². The lowest BCUT2D eigenvalue weighted by Crippen LogP contribution is -2.49. The van der Waals surface area contributed by atoms with Gasteiger partial charge >= 0.3 is 0 Å². The second kappa shape index (κ2) is 7.59. The Morgan fingerprint density at radius 2 is 1.80 bits per heavy atom. The number of anilines is 4. The molecule has 1 aromatic carbocycles. The minimum absolute atomic E-state index is 0.562. The first kappa shape index (κ1) is 16.6. The van der Waals surface area contributed by atoms with Gasteiger partial charge in [0.25, 0.3) is 0 Å². The van der Waals surface area contributed by atoms with E-state index in [0.717, 1.165) is 56.3 Å². The van der Waals surface area contributed by atoms with Crippen molar-refractivity contribution in [1.82, 2.24) is 9.88 Å². The van der Waals surface area contributed by atoms with Crippen molar-refractivity contribution in [3.05, 3.63) is 29.6 Å². The molecule has 2 fully saturated rings. The Balaban J connectivity index is 1.32. The number of aromatic nitrogens is 1. The van der Waals surface area contributed by atoms with Crippen LogP contribution in [0.25, 0.3) is 0 Å². The van der Waals surface area contributed by atoms with Crippen LogP contribution in [0.2, 0.25) is 0 Å². The van der Waals surface area contributed by atoms with Gasteiger partial charge in [0.05, 0.1) is 13.2 Å². The number of hydrogen-bond acceptors (Lipinski definition) is 7. The molecule has 2 aromatic rings. The topological polar surface area (TPSA) is 66.7 Å². The number of nitrogens with zero attached hydrogens (tertiary/aromatic N) is 3. The molecule has 0 saturated carbocycles. The zero-order valence-electron chi connectivity index (χ0n) is 14.4. The van der Waals surface area contributed by atoms with Gasteiger partial charge in [-0.3, -0.25) is 4.90 Å². The molecule has 0 atom stereocenters. The lowest BCUT2D eigenvalue weighted by Gasteiger charge is -2.40. The first-order valence-electron chi connectivity index (χ1n) is 8.93. The third-order valence-electron chi connectivity index (χ3n) is 5.03. The van der Waals surface area contributed by atoms with Crippen molar-refractivity contribution in [2.75, 3.05) is 55.3 Å². The average molecular weight is 359 g/mol. The molecule has 3 N–H and O–H groups in total. The Bertz CT molecular complexity index is 675. The molecule has 7 heteroatoms. The summed E-state index contributed by atoms with van der Waals surface area (Å²) in [6.45, 7) is 6.20. The Morgan fingerprint density at radius 3 is 2.44 bits per heavy atom. The van der Waals surface area contributed by atoms with Crippen LogP contribution in [-0.2, 0) is 4.74 Å². The van der Waals surface area contributed by atoms with Gasteiger partial charge in [-0.2, -0.15) is 0 Å². The maximum atomic E-state index is 5.66. The van der Waals surface area contributed by atoms with E-state index in [9.17, 15) is 0 Å². The Kier molecular flexibility index (Phi) is 5.05. The number of piperidine rings is 1. The summed E-state index contributed by atoms with van der Waals surface area (Å²) in [6, 6.07) is 9.32. The van der Waals surface area contributed by atoms with E-state index in [0.29, 0.717) is 5.82 Å². The Labute approximate surface area is 152 Å². The standard InChI is InChI=1S/C18H25N5OS/c19-17-13-25-18(21-17)20-14-1-3-15(4-2-14)22-7-5-16(6-8-22)23-9-11-24-12-10-23/h1-4,13,16H,5-12,19H2,(H,20,21). The molecule has 0 spiro atoms. The Hall–Kier alpha value is -1.83. The molecule has 2 aliphatic rings. The number of thiazole rings is 1. The highest BCUT2D eigenvalue weighted by atomic mass is 32.1. The summed E-state index contributed by atoms with van der Waals surface area (Å²) >= 11 is 1.52. The lowest BCUT2D eigenvalue weighted by molar-refractivity contribution is 0.0115. The van der Waals surface area contributed by atoms with Crippen molar-refractivity contribution in [2.24, 2.45) is 0 Å². The minimum Gasteiger partial charge on any atom is -0.383 e. The highest BCUT2D eigenvalue weighted by Gasteiger charge is 2.25. The number of rotatable bonds is 4. The van der Waals surface area contributed by atoms with Crippen molar-refractivity contribution in [2.45, 2.75) is 18.9 Å². The van der Waals surface area contributed by atoms with E-state index < -0.39 is 0 Å². The first-order chi connectivity index (χ1) is 12.3. The number of nitrogen functional groups attached to an aromatic ring is 1. The smallest absolute Gasteiger partial charge is 0.189 e. The second-order valence-electron chi connectivity index (χ2n) is 6.62. The van der Waals surface area contributed by atoms with Gasteiger partial charge < -0.3 is 20.7 Å². The fourth-order valence-corrected chi connectivity index (χ4v) is 4.27. The van der Waals surface area contributed by atoms with Crippen LogP contribution in [0.15, 0.2) is 29.6 Å².